The van der Waals surface area contributed by atoms with Gasteiger partial charge in [0.15, 0.2) is 22.1 Å². The van der Waals surface area contributed by atoms with Gasteiger partial charge in [-0.2, -0.15) is 0 Å². The molecular formula is C20H29ClN6S. The molecule has 0 unspecified atom stereocenters. The topological polar surface area (TPSA) is 81.7 Å². The maximum absolute atomic E-state index is 6.20. The number of imidazole rings is 1. The van der Waals surface area contributed by atoms with Crippen molar-refractivity contribution in [1.82, 2.24) is 24.8 Å². The Kier molecular flexibility index (Phi) is 8.54. The van der Waals surface area contributed by atoms with Crippen molar-refractivity contribution in [1.29, 1.82) is 0 Å². The Bertz CT molecular complexity index is 889. The van der Waals surface area contributed by atoms with Crippen LogP contribution in [-0.4, -0.2) is 32.1 Å². The minimum atomic E-state index is 0.401. The van der Waals surface area contributed by atoms with Gasteiger partial charge in [0, 0.05) is 22.5 Å². The van der Waals surface area contributed by atoms with E-state index in [2.05, 4.69) is 39.8 Å². The lowest BCUT2D eigenvalue weighted by Crippen LogP contribution is -2.24. The molecule has 152 valence electrons. The van der Waals surface area contributed by atoms with Gasteiger partial charge in [0.2, 0.25) is 0 Å². The standard InChI is InChI=1S/C18H23ClN6S.C2H6/c1-11(2)21-5-4-6-25-17-15(16(20)22-10-23-17)24-18(25)26-14-8-12(3)7-13(19)9-14;1-2/h7-11,21H,4-6H2,1-3H3,(H2,20,22,23);1-2H3. The van der Waals surface area contributed by atoms with Crippen LogP contribution in [0, 0.1) is 6.92 Å². The second-order valence-electron chi connectivity index (χ2n) is 6.51. The molecule has 6 nitrogen and oxygen atoms in total. The second-order valence-corrected chi connectivity index (χ2v) is 7.98. The van der Waals surface area contributed by atoms with Crippen LogP contribution in [0.15, 0.2) is 34.6 Å². The summed E-state index contributed by atoms with van der Waals surface area (Å²) in [6.07, 6.45) is 2.45. The number of nitrogens with zero attached hydrogens (tertiary/aromatic N) is 4. The molecule has 2 heterocycles. The van der Waals surface area contributed by atoms with Gasteiger partial charge in [-0.3, -0.25) is 0 Å². The summed E-state index contributed by atoms with van der Waals surface area (Å²) in [7, 11) is 0. The van der Waals surface area contributed by atoms with Gasteiger partial charge in [-0.05, 0) is 43.7 Å². The maximum atomic E-state index is 6.20. The van der Waals surface area contributed by atoms with Crippen molar-refractivity contribution < 1.29 is 0 Å². The fraction of sp³-hybridized carbons (Fsp3) is 0.450. The first-order chi connectivity index (χ1) is 13.4. The average molecular weight is 421 g/mol. The number of rotatable bonds is 7. The number of hydrogen-bond acceptors (Lipinski definition) is 6. The number of aryl methyl sites for hydroxylation is 2. The summed E-state index contributed by atoms with van der Waals surface area (Å²) in [6, 6.07) is 6.44. The number of hydrogen-bond donors (Lipinski definition) is 2. The van der Waals surface area contributed by atoms with Crippen LogP contribution in [-0.2, 0) is 6.54 Å². The van der Waals surface area contributed by atoms with Crippen molar-refractivity contribution in [2.24, 2.45) is 0 Å². The molecule has 0 atom stereocenters. The Balaban J connectivity index is 0.00000136. The van der Waals surface area contributed by atoms with Crippen molar-refractivity contribution >= 4 is 40.3 Å². The molecule has 0 spiro atoms. The molecule has 3 N–H and O–H groups in total. The summed E-state index contributed by atoms with van der Waals surface area (Å²) >= 11 is 7.77. The normalized spacial score (nSPS) is 11.0. The number of halogens is 1. The number of benzene rings is 1. The van der Waals surface area contributed by atoms with Crippen LogP contribution < -0.4 is 11.1 Å². The lowest BCUT2D eigenvalue weighted by atomic mass is 10.2. The van der Waals surface area contributed by atoms with Gasteiger partial charge < -0.3 is 15.6 Å². The molecule has 0 aliphatic heterocycles. The van der Waals surface area contributed by atoms with E-state index in [0.29, 0.717) is 17.4 Å². The zero-order valence-electron chi connectivity index (χ0n) is 17.2. The highest BCUT2D eigenvalue weighted by atomic mass is 35.5. The van der Waals surface area contributed by atoms with Crippen LogP contribution in [0.5, 0.6) is 0 Å². The molecule has 0 radical (unpaired) electrons. The van der Waals surface area contributed by atoms with Crippen LogP contribution in [0.25, 0.3) is 11.2 Å². The molecule has 1 aromatic carbocycles. The Labute approximate surface area is 176 Å². The third-order valence-electron chi connectivity index (χ3n) is 3.86. The Morgan fingerprint density at radius 3 is 2.64 bits per heavy atom. The third kappa shape index (κ3) is 5.83. The van der Waals surface area contributed by atoms with E-state index in [1.807, 2.05) is 32.9 Å². The van der Waals surface area contributed by atoms with Crippen LogP contribution in [0.3, 0.4) is 0 Å². The van der Waals surface area contributed by atoms with E-state index < -0.39 is 0 Å². The minimum Gasteiger partial charge on any atom is -0.382 e. The molecule has 0 fully saturated rings. The van der Waals surface area contributed by atoms with Crippen LogP contribution in [0.4, 0.5) is 5.82 Å². The first kappa shape index (κ1) is 22.5. The lowest BCUT2D eigenvalue weighted by Gasteiger charge is -2.11. The van der Waals surface area contributed by atoms with E-state index in [9.17, 15) is 0 Å². The average Bonchev–Trinajstić information content (AvgIpc) is 2.98. The summed E-state index contributed by atoms with van der Waals surface area (Å²) < 4.78 is 2.11. The van der Waals surface area contributed by atoms with Gasteiger partial charge in [-0.15, -0.1) is 0 Å². The molecule has 3 aromatic rings. The van der Waals surface area contributed by atoms with Crippen molar-refractivity contribution in [2.45, 2.75) is 63.7 Å². The third-order valence-corrected chi connectivity index (χ3v) is 5.05. The van der Waals surface area contributed by atoms with Crippen LogP contribution in [0.2, 0.25) is 5.02 Å². The highest BCUT2D eigenvalue weighted by molar-refractivity contribution is 7.99. The summed E-state index contributed by atoms with van der Waals surface area (Å²) in [6.45, 7) is 12.0. The molecule has 0 bridgehead atoms. The molecule has 3 rings (SSSR count). The number of nitrogens with one attached hydrogen (secondary N) is 1. The van der Waals surface area contributed by atoms with E-state index in [0.717, 1.165) is 45.8 Å². The lowest BCUT2D eigenvalue weighted by molar-refractivity contribution is 0.525. The molecule has 28 heavy (non-hydrogen) atoms. The quantitative estimate of drug-likeness (QED) is 0.527. The highest BCUT2D eigenvalue weighted by Crippen LogP contribution is 2.32. The molecule has 0 aliphatic rings. The molecule has 8 heteroatoms. The van der Waals surface area contributed by atoms with E-state index in [1.54, 1.807) is 11.8 Å². The van der Waals surface area contributed by atoms with Crippen molar-refractivity contribution in [2.75, 3.05) is 12.3 Å². The first-order valence-corrected chi connectivity index (χ1v) is 10.8. The largest absolute Gasteiger partial charge is 0.382 e. The van der Waals surface area contributed by atoms with E-state index in [-0.39, 0.29) is 0 Å². The fourth-order valence-corrected chi connectivity index (χ4v) is 4.13. The molecule has 0 saturated carbocycles. The van der Waals surface area contributed by atoms with Gasteiger partial charge in [0.25, 0.3) is 0 Å². The molecule has 0 saturated heterocycles. The van der Waals surface area contributed by atoms with E-state index in [4.69, 9.17) is 22.3 Å². The van der Waals surface area contributed by atoms with E-state index >= 15 is 0 Å². The molecule has 2 aromatic heterocycles. The van der Waals surface area contributed by atoms with Gasteiger partial charge in [-0.25, -0.2) is 15.0 Å². The molecule has 0 amide bonds. The Morgan fingerprint density at radius 1 is 1.21 bits per heavy atom. The predicted octanol–water partition coefficient (Wildman–Crippen LogP) is 4.94. The minimum absolute atomic E-state index is 0.401. The number of nitrogens with two attached hydrogens (primary N) is 1. The summed E-state index contributed by atoms with van der Waals surface area (Å²) in [5, 5.41) is 5.00. The van der Waals surface area contributed by atoms with Crippen LogP contribution in [0.1, 0.15) is 39.7 Å². The van der Waals surface area contributed by atoms with Crippen molar-refractivity contribution in [3.63, 3.8) is 0 Å². The smallest absolute Gasteiger partial charge is 0.175 e. The summed E-state index contributed by atoms with van der Waals surface area (Å²) in [4.78, 5) is 14.2. The second kappa shape index (κ2) is 10.6. The zero-order chi connectivity index (χ0) is 20.7. The van der Waals surface area contributed by atoms with Crippen molar-refractivity contribution in [3.05, 3.63) is 35.1 Å². The van der Waals surface area contributed by atoms with Gasteiger partial charge in [0.05, 0.1) is 0 Å². The highest BCUT2D eigenvalue weighted by Gasteiger charge is 2.16. The zero-order valence-corrected chi connectivity index (χ0v) is 18.7. The number of nitrogen functional groups attached to an aromatic ring is 1. The van der Waals surface area contributed by atoms with Gasteiger partial charge >= 0.3 is 0 Å². The maximum Gasteiger partial charge on any atom is 0.175 e. The SMILES string of the molecule is CC.Cc1cc(Cl)cc(Sc2nc3c(N)ncnc3n2CCCNC(C)C)c1. The Hall–Kier alpha value is -1.83. The fourth-order valence-electron chi connectivity index (χ4n) is 2.71. The van der Waals surface area contributed by atoms with Crippen molar-refractivity contribution in [3.8, 4) is 0 Å². The van der Waals surface area contributed by atoms with Gasteiger partial charge in [-0.1, -0.05) is 51.1 Å². The van der Waals surface area contributed by atoms with Crippen LogP contribution >= 0.6 is 23.4 Å². The number of aromatic nitrogens is 4. The molecule has 0 aliphatic carbocycles. The van der Waals surface area contributed by atoms with Gasteiger partial charge in [0.1, 0.15) is 6.33 Å². The summed E-state index contributed by atoms with van der Waals surface area (Å²) in [5.41, 5.74) is 8.53. The number of fused-ring (bicyclic) bond motifs is 1. The first-order valence-electron chi connectivity index (χ1n) is 9.59. The predicted molar refractivity (Wildman–Crippen MR) is 119 cm³/mol. The molecular weight excluding hydrogens is 392 g/mol. The monoisotopic (exact) mass is 420 g/mol. The van der Waals surface area contributed by atoms with E-state index in [1.165, 1.54) is 6.33 Å². The summed E-state index contributed by atoms with van der Waals surface area (Å²) in [5.74, 6) is 0.401. The number of anilines is 1. The Morgan fingerprint density at radius 2 is 1.96 bits per heavy atom.